The van der Waals surface area contributed by atoms with Crippen molar-refractivity contribution in [3.8, 4) is 17.4 Å². The van der Waals surface area contributed by atoms with Crippen LogP contribution in [0.1, 0.15) is 88.3 Å². The number of anilines is 1. The second-order valence-electron chi connectivity index (χ2n) is 11.6. The molecule has 0 unspecified atom stereocenters. The van der Waals surface area contributed by atoms with E-state index in [0.717, 1.165) is 74.3 Å². The summed E-state index contributed by atoms with van der Waals surface area (Å²) in [6, 6.07) is 8.04. The van der Waals surface area contributed by atoms with Gasteiger partial charge in [-0.05, 0) is 63.5 Å². The van der Waals surface area contributed by atoms with Crippen LogP contribution >= 0.6 is 0 Å². The third-order valence-corrected chi connectivity index (χ3v) is 9.02. The van der Waals surface area contributed by atoms with E-state index in [1.165, 1.54) is 37.5 Å². The van der Waals surface area contributed by atoms with Crippen LogP contribution in [0.2, 0.25) is 0 Å². The maximum absolute atomic E-state index is 14.0. The van der Waals surface area contributed by atoms with Gasteiger partial charge in [0.1, 0.15) is 0 Å². The van der Waals surface area contributed by atoms with Gasteiger partial charge in [0.2, 0.25) is 11.8 Å². The van der Waals surface area contributed by atoms with Gasteiger partial charge in [0.15, 0.2) is 11.6 Å². The first-order chi connectivity index (χ1) is 18.6. The SMILES string of the molecule is COc1ncc(-c2cccc(N(CC3=C4CC(c5nc(C6CC6)no5)(CC3)C4)C(=O)C3CCCCC3)c2)o1. The first-order valence-electron chi connectivity index (χ1n) is 14.1. The lowest BCUT2D eigenvalue weighted by Crippen LogP contribution is -2.44. The number of hydrogen-bond acceptors (Lipinski definition) is 7. The third kappa shape index (κ3) is 4.24. The van der Waals surface area contributed by atoms with Crippen LogP contribution in [0.15, 0.2) is 50.5 Å². The summed E-state index contributed by atoms with van der Waals surface area (Å²) in [6.45, 7) is 0.640. The number of rotatable bonds is 8. The fraction of sp³-hybridized carbons (Fsp3) is 0.533. The van der Waals surface area contributed by atoms with E-state index in [1.807, 2.05) is 29.2 Å². The van der Waals surface area contributed by atoms with E-state index in [1.54, 1.807) is 6.20 Å². The van der Waals surface area contributed by atoms with Crippen LogP contribution in [0.5, 0.6) is 6.08 Å². The van der Waals surface area contributed by atoms with E-state index >= 15 is 0 Å². The molecule has 2 bridgehead atoms. The molecule has 8 heteroatoms. The van der Waals surface area contributed by atoms with Crippen molar-refractivity contribution in [3.05, 3.63) is 53.3 Å². The molecular formula is C30H34N4O4. The molecule has 2 heterocycles. The van der Waals surface area contributed by atoms with Gasteiger partial charge in [-0.15, -0.1) is 0 Å². The molecule has 8 nitrogen and oxygen atoms in total. The van der Waals surface area contributed by atoms with E-state index < -0.39 is 0 Å². The quantitative estimate of drug-likeness (QED) is 0.323. The van der Waals surface area contributed by atoms with E-state index in [4.69, 9.17) is 18.7 Å². The van der Waals surface area contributed by atoms with Crippen molar-refractivity contribution in [2.45, 2.75) is 82.0 Å². The molecule has 1 amide bonds. The Bertz CT molecular complexity index is 1370. The number of carbonyl (C=O) groups excluding carboxylic acids is 1. The minimum atomic E-state index is 0.00242. The number of hydrogen-bond donors (Lipinski definition) is 0. The Labute approximate surface area is 222 Å². The minimum Gasteiger partial charge on any atom is -0.454 e. The molecule has 198 valence electrons. The average molecular weight is 515 g/mol. The van der Waals surface area contributed by atoms with Gasteiger partial charge in [0.05, 0.1) is 18.7 Å². The third-order valence-electron chi connectivity index (χ3n) is 9.02. The Balaban J connectivity index is 1.15. The monoisotopic (exact) mass is 514 g/mol. The molecule has 0 N–H and O–H groups in total. The maximum Gasteiger partial charge on any atom is 0.393 e. The van der Waals surface area contributed by atoms with Gasteiger partial charge in [-0.2, -0.15) is 9.97 Å². The molecule has 0 spiro atoms. The number of carbonyl (C=O) groups is 1. The number of aromatic nitrogens is 3. The van der Waals surface area contributed by atoms with Gasteiger partial charge in [-0.1, -0.05) is 47.7 Å². The summed E-state index contributed by atoms with van der Waals surface area (Å²) in [5.41, 5.74) is 4.64. The van der Waals surface area contributed by atoms with Crippen LogP contribution in [-0.2, 0) is 10.2 Å². The molecule has 0 radical (unpaired) electrons. The zero-order chi connectivity index (χ0) is 25.7. The average Bonchev–Trinajstić information content (AvgIpc) is 3.47. The Kier molecular flexibility index (Phi) is 5.86. The van der Waals surface area contributed by atoms with Crippen LogP contribution in [0.4, 0.5) is 5.69 Å². The lowest BCUT2D eigenvalue weighted by atomic mass is 9.57. The standard InChI is InChI=1S/C30H34N4O4/c1-36-29-31-17-25(37-29)21-8-5-9-24(14-21)34(27(35)20-6-3-2-4-7-20)18-22-12-13-30(15-23(22)16-30)28-32-26(33-38-28)19-10-11-19/h5,8-9,14,17,19-20H,2-4,6-7,10-13,15-16,18H2,1H3. The molecule has 3 aromatic rings. The van der Waals surface area contributed by atoms with Crippen LogP contribution in [0.3, 0.4) is 0 Å². The lowest BCUT2D eigenvalue weighted by Gasteiger charge is -2.47. The number of ether oxygens (including phenoxy) is 1. The maximum atomic E-state index is 14.0. The highest BCUT2D eigenvalue weighted by atomic mass is 16.6. The van der Waals surface area contributed by atoms with Gasteiger partial charge in [0.25, 0.3) is 0 Å². The summed E-state index contributed by atoms with van der Waals surface area (Å²) in [6.07, 6.45) is 13.6. The van der Waals surface area contributed by atoms with Crippen molar-refractivity contribution < 1.29 is 18.5 Å². The highest BCUT2D eigenvalue weighted by molar-refractivity contribution is 5.96. The smallest absolute Gasteiger partial charge is 0.393 e. The molecule has 1 aromatic carbocycles. The molecule has 2 aromatic heterocycles. The molecule has 3 fully saturated rings. The summed E-state index contributed by atoms with van der Waals surface area (Å²) in [4.78, 5) is 24.9. The van der Waals surface area contributed by atoms with Crippen LogP contribution in [0.25, 0.3) is 11.3 Å². The highest BCUT2D eigenvalue weighted by Gasteiger charge is 2.51. The molecule has 0 atom stereocenters. The molecule has 0 aliphatic heterocycles. The Morgan fingerprint density at radius 2 is 2.00 bits per heavy atom. The molecule has 38 heavy (non-hydrogen) atoms. The molecular weight excluding hydrogens is 480 g/mol. The predicted octanol–water partition coefficient (Wildman–Crippen LogP) is 6.35. The Morgan fingerprint density at radius 3 is 2.71 bits per heavy atom. The largest absolute Gasteiger partial charge is 0.454 e. The Hall–Kier alpha value is -3.42. The predicted molar refractivity (Wildman–Crippen MR) is 141 cm³/mol. The first-order valence-corrected chi connectivity index (χ1v) is 14.1. The second-order valence-corrected chi connectivity index (χ2v) is 11.6. The van der Waals surface area contributed by atoms with Gasteiger partial charge in [-0.25, -0.2) is 0 Å². The summed E-state index contributed by atoms with van der Waals surface area (Å²) < 4.78 is 16.6. The topological polar surface area (TPSA) is 94.5 Å². The minimum absolute atomic E-state index is 0.00242. The van der Waals surface area contributed by atoms with Crippen molar-refractivity contribution in [3.63, 3.8) is 0 Å². The normalized spacial score (nSPS) is 20.8. The highest BCUT2D eigenvalue weighted by Crippen LogP contribution is 2.56. The number of methoxy groups -OCH3 is 1. The number of oxazole rings is 1. The summed E-state index contributed by atoms with van der Waals surface area (Å²) in [5, 5.41) is 4.27. The number of nitrogens with zero attached hydrogens (tertiary/aromatic N) is 4. The number of amides is 1. The van der Waals surface area contributed by atoms with E-state index in [-0.39, 0.29) is 23.3 Å². The van der Waals surface area contributed by atoms with E-state index in [2.05, 4.69) is 10.1 Å². The lowest BCUT2D eigenvalue weighted by molar-refractivity contribution is -0.123. The van der Waals surface area contributed by atoms with Gasteiger partial charge in [0, 0.05) is 29.6 Å². The number of fused-ring (bicyclic) bond motifs is 2. The summed E-state index contributed by atoms with van der Waals surface area (Å²) in [7, 11) is 1.54. The van der Waals surface area contributed by atoms with Crippen LogP contribution in [0, 0.1) is 5.92 Å². The zero-order valence-electron chi connectivity index (χ0n) is 21.9. The van der Waals surface area contributed by atoms with Crippen LogP contribution < -0.4 is 9.64 Å². The molecule has 0 saturated heterocycles. The Morgan fingerprint density at radius 1 is 1.16 bits per heavy atom. The fourth-order valence-corrected chi connectivity index (χ4v) is 6.54. The summed E-state index contributed by atoms with van der Waals surface area (Å²) >= 11 is 0. The van der Waals surface area contributed by atoms with Gasteiger partial charge in [-0.3, -0.25) is 4.79 Å². The van der Waals surface area contributed by atoms with Crippen molar-refractivity contribution in [1.29, 1.82) is 0 Å². The van der Waals surface area contributed by atoms with Crippen molar-refractivity contribution in [2.24, 2.45) is 5.92 Å². The molecule has 5 aliphatic rings. The van der Waals surface area contributed by atoms with Crippen molar-refractivity contribution in [1.82, 2.24) is 15.1 Å². The van der Waals surface area contributed by atoms with Gasteiger partial charge < -0.3 is 18.6 Å². The number of benzene rings is 1. The van der Waals surface area contributed by atoms with Crippen molar-refractivity contribution >= 4 is 11.6 Å². The van der Waals surface area contributed by atoms with E-state index in [9.17, 15) is 4.79 Å². The van der Waals surface area contributed by atoms with Gasteiger partial charge >= 0.3 is 6.08 Å². The van der Waals surface area contributed by atoms with Crippen molar-refractivity contribution in [2.75, 3.05) is 18.6 Å². The van der Waals surface area contributed by atoms with Crippen LogP contribution in [-0.4, -0.2) is 34.7 Å². The second kappa shape index (κ2) is 9.40. The fourth-order valence-electron chi connectivity index (χ4n) is 6.54. The first kappa shape index (κ1) is 23.7. The summed E-state index contributed by atoms with van der Waals surface area (Å²) in [5.74, 6) is 3.19. The van der Waals surface area contributed by atoms with E-state index in [0.29, 0.717) is 18.2 Å². The molecule has 3 saturated carbocycles. The molecule has 8 rings (SSSR count). The zero-order valence-corrected chi connectivity index (χ0v) is 21.9. The molecule has 5 aliphatic carbocycles. The number of allylic oxidation sites excluding steroid dienone is 1.